The first-order valence-corrected chi connectivity index (χ1v) is 14.2. The molecule has 3 aromatic rings. The summed E-state index contributed by atoms with van der Waals surface area (Å²) in [4.78, 5) is 21.3. The minimum atomic E-state index is -4.81. The topological polar surface area (TPSA) is 136 Å². The number of rotatable bonds is 9. The van der Waals surface area contributed by atoms with Gasteiger partial charge in [0.05, 0.1) is 4.90 Å². The molecule has 0 spiro atoms. The van der Waals surface area contributed by atoms with E-state index in [0.717, 1.165) is 19.4 Å². The lowest BCUT2D eigenvalue weighted by Gasteiger charge is -2.44. The van der Waals surface area contributed by atoms with Gasteiger partial charge in [0.15, 0.2) is 11.7 Å². The molecular weight excluding hydrogens is 536 g/mol. The first-order chi connectivity index (χ1) is 18.9. The molecule has 0 aliphatic carbocycles. The molecule has 1 aliphatic heterocycles. The van der Waals surface area contributed by atoms with Gasteiger partial charge >= 0.3 is 11.9 Å². The molecule has 212 valence electrons. The van der Waals surface area contributed by atoms with Gasteiger partial charge in [0.2, 0.25) is 21.1 Å². The monoisotopic (exact) mass is 568 g/mol. The highest BCUT2D eigenvalue weighted by Gasteiger charge is 2.76. The molecule has 0 aromatic heterocycles. The molecule has 2 unspecified atom stereocenters. The zero-order valence-electron chi connectivity index (χ0n) is 22.4. The fraction of sp³-hybridized carbons (Fsp3) is 0.333. The molecule has 4 rings (SSSR count). The van der Waals surface area contributed by atoms with E-state index >= 15 is 0 Å². The lowest BCUT2D eigenvalue weighted by atomic mass is 9.81. The summed E-state index contributed by atoms with van der Waals surface area (Å²) < 4.78 is 46.1. The molecule has 0 bridgehead atoms. The van der Waals surface area contributed by atoms with Crippen molar-refractivity contribution in [1.29, 1.82) is 0 Å². The van der Waals surface area contributed by atoms with E-state index in [2.05, 4.69) is 0 Å². The summed E-state index contributed by atoms with van der Waals surface area (Å²) in [5.41, 5.74) is -0.832. The van der Waals surface area contributed by atoms with Gasteiger partial charge in [-0.2, -0.15) is 0 Å². The average molecular weight is 569 g/mol. The summed E-state index contributed by atoms with van der Waals surface area (Å²) in [5, 5.41) is 24.5. The summed E-state index contributed by atoms with van der Waals surface area (Å²) in [6, 6.07) is 22.8. The predicted molar refractivity (Wildman–Crippen MR) is 145 cm³/mol. The first-order valence-electron chi connectivity index (χ1n) is 12.7. The first kappa shape index (κ1) is 29.4. The smallest absolute Gasteiger partial charge is 0.305 e. The van der Waals surface area contributed by atoms with Crippen molar-refractivity contribution < 1.29 is 42.4 Å². The molecule has 0 radical (unpaired) electrons. The Labute approximate surface area is 233 Å². The van der Waals surface area contributed by atoms with Crippen LogP contribution in [0.5, 0.6) is 0 Å². The van der Waals surface area contributed by atoms with Crippen LogP contribution in [0.15, 0.2) is 89.8 Å². The zero-order chi connectivity index (χ0) is 29.1. The number of carbonyl (C=O) groups is 2. The molecule has 10 heteroatoms. The van der Waals surface area contributed by atoms with Crippen molar-refractivity contribution in [3.8, 4) is 0 Å². The average Bonchev–Trinajstić information content (AvgIpc) is 3.13. The van der Waals surface area contributed by atoms with E-state index in [1.165, 1.54) is 12.1 Å². The summed E-state index contributed by atoms with van der Waals surface area (Å²) in [5.74, 6) is -1.75. The second-order valence-corrected chi connectivity index (χ2v) is 12.0. The van der Waals surface area contributed by atoms with Crippen LogP contribution in [-0.4, -0.2) is 59.6 Å². The van der Waals surface area contributed by atoms with Crippen molar-refractivity contribution in [2.45, 2.75) is 67.5 Å². The molecule has 0 saturated carbocycles. The van der Waals surface area contributed by atoms with Crippen molar-refractivity contribution in [3.05, 3.63) is 102 Å². The third kappa shape index (κ3) is 5.40. The van der Waals surface area contributed by atoms with E-state index in [1.54, 1.807) is 79.7 Å². The SMILES string of the molecule is CC(=O)OC1O[C@@](C(O)Cc2ccccc2)(S(=O)(=O)c2ccc(C)cc2)[C@](O)(Cc2ccccc2)[C@H]1OC(C)=O. The van der Waals surface area contributed by atoms with Crippen LogP contribution in [0.1, 0.15) is 30.5 Å². The number of aliphatic hydroxyl groups excluding tert-OH is 1. The Balaban J connectivity index is 2.02. The lowest BCUT2D eigenvalue weighted by Crippen LogP contribution is -2.68. The Morgan fingerprint density at radius 3 is 1.93 bits per heavy atom. The van der Waals surface area contributed by atoms with Crippen LogP contribution >= 0.6 is 0 Å². The van der Waals surface area contributed by atoms with Gasteiger partial charge in [-0.3, -0.25) is 9.59 Å². The van der Waals surface area contributed by atoms with Gasteiger partial charge in [0.25, 0.3) is 0 Å². The third-order valence-corrected chi connectivity index (χ3v) is 9.36. The Morgan fingerprint density at radius 2 is 1.40 bits per heavy atom. The predicted octanol–water partition coefficient (Wildman–Crippen LogP) is 2.89. The van der Waals surface area contributed by atoms with Crippen LogP contribution in [0.25, 0.3) is 0 Å². The number of carbonyl (C=O) groups excluding carboxylic acids is 2. The number of benzene rings is 3. The van der Waals surface area contributed by atoms with E-state index in [1.807, 2.05) is 0 Å². The fourth-order valence-corrected chi connectivity index (χ4v) is 7.34. The van der Waals surface area contributed by atoms with E-state index in [0.29, 0.717) is 11.1 Å². The number of aliphatic hydroxyl groups is 2. The van der Waals surface area contributed by atoms with E-state index < -0.39 is 57.2 Å². The number of aryl methyl sites for hydroxylation is 1. The van der Waals surface area contributed by atoms with Gasteiger partial charge in [-0.25, -0.2) is 8.42 Å². The van der Waals surface area contributed by atoms with E-state index in [9.17, 15) is 28.2 Å². The molecule has 1 heterocycles. The number of ether oxygens (including phenoxy) is 3. The number of sulfone groups is 1. The molecule has 9 nitrogen and oxygen atoms in total. The maximum Gasteiger partial charge on any atom is 0.305 e. The Bertz CT molecular complexity index is 1440. The summed E-state index contributed by atoms with van der Waals surface area (Å²) in [7, 11) is -4.81. The second-order valence-electron chi connectivity index (χ2n) is 9.90. The van der Waals surface area contributed by atoms with Crippen molar-refractivity contribution >= 4 is 21.8 Å². The molecule has 1 fully saturated rings. The number of esters is 2. The van der Waals surface area contributed by atoms with Gasteiger partial charge in [0, 0.05) is 26.7 Å². The van der Waals surface area contributed by atoms with Gasteiger partial charge < -0.3 is 24.4 Å². The van der Waals surface area contributed by atoms with Gasteiger partial charge in [-0.1, -0.05) is 78.4 Å². The van der Waals surface area contributed by atoms with E-state index in [4.69, 9.17) is 14.2 Å². The van der Waals surface area contributed by atoms with Crippen molar-refractivity contribution in [3.63, 3.8) is 0 Å². The van der Waals surface area contributed by atoms with Crippen LogP contribution in [0.4, 0.5) is 0 Å². The maximum absolute atomic E-state index is 14.6. The van der Waals surface area contributed by atoms with Crippen LogP contribution in [-0.2, 0) is 46.5 Å². The summed E-state index contributed by atoms with van der Waals surface area (Å²) in [6.45, 7) is 3.92. The number of hydrogen-bond acceptors (Lipinski definition) is 9. The molecule has 3 aromatic carbocycles. The highest BCUT2D eigenvalue weighted by Crippen LogP contribution is 2.52. The normalized spacial score (nSPS) is 25.2. The van der Waals surface area contributed by atoms with Crippen LogP contribution in [0.2, 0.25) is 0 Å². The Hall–Kier alpha value is -3.57. The molecule has 5 atom stereocenters. The quantitative estimate of drug-likeness (QED) is 0.374. The molecule has 1 saturated heterocycles. The van der Waals surface area contributed by atoms with Crippen LogP contribution < -0.4 is 0 Å². The lowest BCUT2D eigenvalue weighted by molar-refractivity contribution is -0.203. The molecule has 1 aliphatic rings. The second kappa shape index (κ2) is 11.5. The minimum absolute atomic E-state index is 0.248. The van der Waals surface area contributed by atoms with Crippen molar-refractivity contribution in [2.24, 2.45) is 0 Å². The van der Waals surface area contributed by atoms with Crippen LogP contribution in [0, 0.1) is 6.92 Å². The largest absolute Gasteiger partial charge is 0.453 e. The third-order valence-electron chi connectivity index (χ3n) is 6.95. The highest BCUT2D eigenvalue weighted by atomic mass is 32.2. The summed E-state index contributed by atoms with van der Waals surface area (Å²) in [6.07, 6.45) is -6.25. The molecule has 2 N–H and O–H groups in total. The maximum atomic E-state index is 14.6. The summed E-state index contributed by atoms with van der Waals surface area (Å²) >= 11 is 0. The Kier molecular flexibility index (Phi) is 8.46. The van der Waals surface area contributed by atoms with Gasteiger partial charge in [-0.05, 0) is 30.2 Å². The molecule has 40 heavy (non-hydrogen) atoms. The van der Waals surface area contributed by atoms with E-state index in [-0.39, 0.29) is 11.3 Å². The molecule has 0 amide bonds. The molecular formula is C30H32O9S. The zero-order valence-corrected chi connectivity index (χ0v) is 23.2. The number of hydrogen-bond donors (Lipinski definition) is 2. The Morgan fingerprint density at radius 1 is 0.875 bits per heavy atom. The fourth-order valence-electron chi connectivity index (χ4n) is 5.18. The van der Waals surface area contributed by atoms with Gasteiger partial charge in [0.1, 0.15) is 6.10 Å². The highest BCUT2D eigenvalue weighted by molar-refractivity contribution is 7.92. The minimum Gasteiger partial charge on any atom is -0.453 e. The van der Waals surface area contributed by atoms with Crippen molar-refractivity contribution in [2.75, 3.05) is 0 Å². The van der Waals surface area contributed by atoms with Gasteiger partial charge in [-0.15, -0.1) is 0 Å². The van der Waals surface area contributed by atoms with Crippen molar-refractivity contribution in [1.82, 2.24) is 0 Å². The van der Waals surface area contributed by atoms with Crippen LogP contribution in [0.3, 0.4) is 0 Å². The standard InChI is InChI=1S/C30H32O9S/c1-20-14-16-25(17-15-20)40(35,36)30(26(33)18-23-10-6-4-7-11-23)29(34,19-24-12-8-5-9-13-24)27(37-21(2)31)28(39-30)38-22(3)32/h4-17,26-28,33-34H,18-19H2,1-3H3/t26?,27-,28?,29-,30-/m0/s1.